The molecule has 1 spiro atoms. The van der Waals surface area contributed by atoms with E-state index in [4.69, 9.17) is 4.74 Å². The molecule has 1 N–H and O–H groups in total. The number of carbonyl (C=O) groups excluding carboxylic acids is 1. The van der Waals surface area contributed by atoms with Crippen molar-refractivity contribution in [2.24, 2.45) is 0 Å². The summed E-state index contributed by atoms with van der Waals surface area (Å²) in [7, 11) is 0. The smallest absolute Gasteiger partial charge is 0.331 e. The molecule has 1 saturated carbocycles. The first-order chi connectivity index (χ1) is 6.15. The highest BCUT2D eigenvalue weighted by atomic mass is 16.6. The molecule has 0 bridgehead atoms. The predicted molar refractivity (Wildman–Crippen MR) is 47.1 cm³/mol. The third-order valence-electron chi connectivity index (χ3n) is 3.10. The number of aliphatic hydroxyl groups excluding tert-OH is 1. The first kappa shape index (κ1) is 8.75. The lowest BCUT2D eigenvalue weighted by Gasteiger charge is -2.38. The van der Waals surface area contributed by atoms with Crippen molar-refractivity contribution in [3.63, 3.8) is 0 Å². The van der Waals surface area contributed by atoms with Crippen molar-refractivity contribution >= 4 is 5.97 Å². The maximum Gasteiger partial charge on any atom is 0.331 e. The Kier molecular flexibility index (Phi) is 1.91. The first-order valence-corrected chi connectivity index (χ1v) is 4.75. The molecule has 0 aromatic rings. The number of aliphatic hydroxyl groups is 1. The second kappa shape index (κ2) is 2.84. The van der Waals surface area contributed by atoms with Gasteiger partial charge in [-0.15, -0.1) is 0 Å². The van der Waals surface area contributed by atoms with Crippen LogP contribution in [0.3, 0.4) is 0 Å². The second-order valence-corrected chi connectivity index (χ2v) is 3.90. The van der Waals surface area contributed by atoms with Crippen molar-refractivity contribution in [3.05, 3.63) is 11.6 Å². The van der Waals surface area contributed by atoms with Crippen LogP contribution in [0, 0.1) is 0 Å². The lowest BCUT2D eigenvalue weighted by Crippen LogP contribution is -2.46. The molecule has 1 aliphatic heterocycles. The van der Waals surface area contributed by atoms with E-state index in [0.717, 1.165) is 31.3 Å². The van der Waals surface area contributed by atoms with Crippen LogP contribution < -0.4 is 0 Å². The van der Waals surface area contributed by atoms with E-state index in [2.05, 4.69) is 0 Å². The van der Waals surface area contributed by atoms with Gasteiger partial charge in [-0.25, -0.2) is 4.79 Å². The van der Waals surface area contributed by atoms with Gasteiger partial charge in [0.15, 0.2) is 5.60 Å². The molecular weight excluding hydrogens is 168 g/mol. The summed E-state index contributed by atoms with van der Waals surface area (Å²) < 4.78 is 5.23. The topological polar surface area (TPSA) is 46.5 Å². The molecule has 3 heteroatoms. The van der Waals surface area contributed by atoms with Crippen molar-refractivity contribution < 1.29 is 14.6 Å². The largest absolute Gasteiger partial charge is 0.449 e. The molecule has 0 saturated heterocycles. The van der Waals surface area contributed by atoms with Crippen molar-refractivity contribution in [2.75, 3.05) is 0 Å². The van der Waals surface area contributed by atoms with Crippen molar-refractivity contribution in [2.45, 2.75) is 44.3 Å². The molecular formula is C10H14O3. The lowest BCUT2D eigenvalue weighted by molar-refractivity contribution is -0.160. The van der Waals surface area contributed by atoms with Crippen molar-refractivity contribution in [1.29, 1.82) is 0 Å². The Balaban J connectivity index is 2.29. The fourth-order valence-electron chi connectivity index (χ4n) is 2.29. The van der Waals surface area contributed by atoms with Crippen LogP contribution in [-0.2, 0) is 9.53 Å². The van der Waals surface area contributed by atoms with Crippen LogP contribution in [-0.4, -0.2) is 22.8 Å². The maximum absolute atomic E-state index is 11.1. The van der Waals surface area contributed by atoms with E-state index in [-0.39, 0.29) is 5.97 Å². The van der Waals surface area contributed by atoms with E-state index < -0.39 is 11.7 Å². The monoisotopic (exact) mass is 182 g/mol. The average molecular weight is 182 g/mol. The summed E-state index contributed by atoms with van der Waals surface area (Å²) in [6, 6.07) is 0. The Labute approximate surface area is 77.4 Å². The van der Waals surface area contributed by atoms with E-state index in [9.17, 15) is 9.90 Å². The molecule has 13 heavy (non-hydrogen) atoms. The van der Waals surface area contributed by atoms with E-state index in [1.807, 2.05) is 6.92 Å². The Morgan fingerprint density at radius 1 is 1.62 bits per heavy atom. The molecule has 2 unspecified atom stereocenters. The van der Waals surface area contributed by atoms with E-state index >= 15 is 0 Å². The Morgan fingerprint density at radius 3 is 2.92 bits per heavy atom. The average Bonchev–Trinajstić information content (AvgIpc) is 2.35. The van der Waals surface area contributed by atoms with Gasteiger partial charge in [0.05, 0.1) is 6.10 Å². The molecule has 1 heterocycles. The van der Waals surface area contributed by atoms with Crippen LogP contribution in [0.5, 0.6) is 0 Å². The summed E-state index contributed by atoms with van der Waals surface area (Å²) in [4.78, 5) is 11.1. The van der Waals surface area contributed by atoms with Gasteiger partial charge in [-0.1, -0.05) is 6.42 Å². The fourth-order valence-corrected chi connectivity index (χ4v) is 2.29. The molecule has 1 aliphatic carbocycles. The molecule has 2 aliphatic rings. The van der Waals surface area contributed by atoms with Gasteiger partial charge in [0, 0.05) is 6.08 Å². The molecule has 0 aromatic carbocycles. The molecule has 0 radical (unpaired) electrons. The van der Waals surface area contributed by atoms with Crippen LogP contribution in [0.4, 0.5) is 0 Å². The Hall–Kier alpha value is -0.830. The van der Waals surface area contributed by atoms with E-state index in [1.165, 1.54) is 6.08 Å². The molecule has 1 fully saturated rings. The summed E-state index contributed by atoms with van der Waals surface area (Å²) in [5.41, 5.74) is 0.208. The van der Waals surface area contributed by atoms with Gasteiger partial charge in [0.25, 0.3) is 0 Å². The number of esters is 1. The summed E-state index contributed by atoms with van der Waals surface area (Å²) in [5.74, 6) is -0.307. The lowest BCUT2D eigenvalue weighted by atomic mass is 9.78. The van der Waals surface area contributed by atoms with Crippen LogP contribution in [0.15, 0.2) is 11.6 Å². The molecule has 0 amide bonds. The zero-order valence-electron chi connectivity index (χ0n) is 7.75. The second-order valence-electron chi connectivity index (χ2n) is 3.90. The Bertz CT molecular complexity index is 269. The molecule has 2 rings (SSSR count). The molecule has 0 aromatic heterocycles. The summed E-state index contributed by atoms with van der Waals surface area (Å²) in [6.45, 7) is 1.86. The van der Waals surface area contributed by atoms with Gasteiger partial charge < -0.3 is 9.84 Å². The number of hydrogen-bond acceptors (Lipinski definition) is 3. The molecule has 2 atom stereocenters. The van der Waals surface area contributed by atoms with Gasteiger partial charge in [0.1, 0.15) is 0 Å². The third-order valence-corrected chi connectivity index (χ3v) is 3.10. The van der Waals surface area contributed by atoms with Crippen molar-refractivity contribution in [1.82, 2.24) is 0 Å². The van der Waals surface area contributed by atoms with Crippen LogP contribution in [0.25, 0.3) is 0 Å². The standard InChI is InChI=1S/C10H14O3/c1-7-6-9(12)13-10(7)5-3-2-4-8(10)11/h6,8,11H,2-5H2,1H3. The summed E-state index contributed by atoms with van der Waals surface area (Å²) in [5, 5.41) is 9.83. The zero-order valence-corrected chi connectivity index (χ0v) is 7.75. The van der Waals surface area contributed by atoms with Crippen molar-refractivity contribution in [3.8, 4) is 0 Å². The predicted octanol–water partition coefficient (Wildman–Crippen LogP) is 1.16. The van der Waals surface area contributed by atoms with Gasteiger partial charge in [-0.3, -0.25) is 0 Å². The zero-order chi connectivity index (χ0) is 9.47. The van der Waals surface area contributed by atoms with E-state index in [1.54, 1.807) is 0 Å². The number of ether oxygens (including phenoxy) is 1. The quantitative estimate of drug-likeness (QED) is 0.572. The minimum Gasteiger partial charge on any atom is -0.449 e. The Morgan fingerprint density at radius 2 is 2.38 bits per heavy atom. The third kappa shape index (κ3) is 1.18. The molecule has 3 nitrogen and oxygen atoms in total. The minimum absolute atomic E-state index is 0.307. The highest BCUT2D eigenvalue weighted by Gasteiger charge is 2.48. The van der Waals surface area contributed by atoms with Gasteiger partial charge in [0.2, 0.25) is 0 Å². The van der Waals surface area contributed by atoms with Crippen LogP contribution >= 0.6 is 0 Å². The fraction of sp³-hybridized carbons (Fsp3) is 0.700. The van der Waals surface area contributed by atoms with Gasteiger partial charge in [-0.05, 0) is 31.8 Å². The normalized spacial score (nSPS) is 39.1. The molecule has 72 valence electrons. The van der Waals surface area contributed by atoms with Gasteiger partial charge in [-0.2, -0.15) is 0 Å². The summed E-state index contributed by atoms with van der Waals surface area (Å²) >= 11 is 0. The number of hydrogen-bond donors (Lipinski definition) is 1. The highest BCUT2D eigenvalue weighted by molar-refractivity contribution is 5.86. The summed E-state index contributed by atoms with van der Waals surface area (Å²) in [6.07, 6.45) is 4.53. The number of carbonyl (C=O) groups is 1. The maximum atomic E-state index is 11.1. The van der Waals surface area contributed by atoms with Gasteiger partial charge >= 0.3 is 5.97 Å². The first-order valence-electron chi connectivity index (χ1n) is 4.75. The van der Waals surface area contributed by atoms with Crippen LogP contribution in [0.1, 0.15) is 32.6 Å². The minimum atomic E-state index is -0.671. The number of rotatable bonds is 0. The van der Waals surface area contributed by atoms with E-state index in [0.29, 0.717) is 0 Å². The van der Waals surface area contributed by atoms with Crippen LogP contribution in [0.2, 0.25) is 0 Å². The SMILES string of the molecule is CC1=CC(=O)OC12CCCCC2O. The highest BCUT2D eigenvalue weighted by Crippen LogP contribution is 2.40.